The Labute approximate surface area is 87.6 Å². The first kappa shape index (κ1) is 10.9. The average Bonchev–Trinajstić information content (AvgIpc) is 2.63. The lowest BCUT2D eigenvalue weighted by atomic mass is 10.3. The second-order valence-corrected chi connectivity index (χ2v) is 4.05. The maximum absolute atomic E-state index is 11.2. The molecule has 0 saturated heterocycles. The summed E-state index contributed by atoms with van der Waals surface area (Å²) in [5.41, 5.74) is 5.49. The molecule has 0 radical (unpaired) electrons. The quantitative estimate of drug-likeness (QED) is 0.734. The number of carbonyl (C=O) groups is 1. The van der Waals surface area contributed by atoms with Crippen LogP contribution in [0.1, 0.15) is 11.8 Å². The zero-order valence-corrected chi connectivity index (χ0v) is 8.88. The Morgan fingerprint density at radius 3 is 3.14 bits per heavy atom. The first-order valence-electron chi connectivity index (χ1n) is 4.43. The smallest absolute Gasteiger partial charge is 0.244 e. The Morgan fingerprint density at radius 2 is 2.57 bits per heavy atom. The van der Waals surface area contributed by atoms with Crippen molar-refractivity contribution < 1.29 is 4.79 Å². The highest BCUT2D eigenvalue weighted by atomic mass is 32.1. The van der Waals surface area contributed by atoms with Gasteiger partial charge in [-0.15, -0.1) is 11.3 Å². The van der Waals surface area contributed by atoms with Crippen molar-refractivity contribution >= 4 is 23.3 Å². The van der Waals surface area contributed by atoms with E-state index in [0.717, 1.165) is 4.88 Å². The third-order valence-electron chi connectivity index (χ3n) is 1.54. The van der Waals surface area contributed by atoms with Crippen molar-refractivity contribution in [2.45, 2.75) is 13.0 Å². The molecule has 0 aliphatic rings. The Bertz CT molecular complexity index is 304. The normalized spacial score (nSPS) is 13.0. The van der Waals surface area contributed by atoms with Crippen LogP contribution in [0.25, 0.3) is 6.08 Å². The number of carbonyl (C=O) groups excluding carboxylic acids is 1. The minimum Gasteiger partial charge on any atom is -0.351 e. The second-order valence-electron chi connectivity index (χ2n) is 3.07. The van der Waals surface area contributed by atoms with Crippen molar-refractivity contribution in [3.63, 3.8) is 0 Å². The number of nitrogens with one attached hydrogen (secondary N) is 1. The molecule has 0 saturated carbocycles. The molecule has 3 N–H and O–H groups in total. The first-order valence-corrected chi connectivity index (χ1v) is 5.31. The summed E-state index contributed by atoms with van der Waals surface area (Å²) in [6, 6.07) is 3.90. The molecule has 14 heavy (non-hydrogen) atoms. The molecule has 0 aromatic carbocycles. The molecule has 1 rings (SSSR count). The zero-order valence-electron chi connectivity index (χ0n) is 8.07. The first-order chi connectivity index (χ1) is 6.68. The molecule has 1 aromatic rings. The molecule has 0 fully saturated rings. The van der Waals surface area contributed by atoms with Gasteiger partial charge in [0, 0.05) is 23.5 Å². The van der Waals surface area contributed by atoms with Crippen molar-refractivity contribution in [1.29, 1.82) is 0 Å². The molecule has 1 atom stereocenters. The molecule has 1 aromatic heterocycles. The predicted octanol–water partition coefficient (Wildman–Crippen LogP) is 1.22. The highest BCUT2D eigenvalue weighted by Gasteiger charge is 1.97. The van der Waals surface area contributed by atoms with E-state index in [9.17, 15) is 4.79 Å². The maximum Gasteiger partial charge on any atom is 0.244 e. The van der Waals surface area contributed by atoms with Crippen molar-refractivity contribution in [3.8, 4) is 0 Å². The molecule has 1 heterocycles. The van der Waals surface area contributed by atoms with E-state index in [2.05, 4.69) is 5.32 Å². The van der Waals surface area contributed by atoms with E-state index in [1.165, 1.54) is 6.08 Å². The number of hydrogen-bond acceptors (Lipinski definition) is 3. The molecular formula is C10H14N2OS. The summed E-state index contributed by atoms with van der Waals surface area (Å²) < 4.78 is 0. The Hall–Kier alpha value is -1.13. The number of thiophene rings is 1. The van der Waals surface area contributed by atoms with Crippen molar-refractivity contribution in [2.75, 3.05) is 6.54 Å². The molecule has 1 amide bonds. The molecule has 0 spiro atoms. The topological polar surface area (TPSA) is 55.1 Å². The second kappa shape index (κ2) is 5.57. The van der Waals surface area contributed by atoms with E-state index in [-0.39, 0.29) is 11.9 Å². The molecule has 0 bridgehead atoms. The highest BCUT2D eigenvalue weighted by molar-refractivity contribution is 7.10. The van der Waals surface area contributed by atoms with Crippen LogP contribution < -0.4 is 11.1 Å². The van der Waals surface area contributed by atoms with Gasteiger partial charge in [-0.1, -0.05) is 6.07 Å². The lowest BCUT2D eigenvalue weighted by Crippen LogP contribution is -2.34. The van der Waals surface area contributed by atoms with E-state index in [0.29, 0.717) is 6.54 Å². The number of amides is 1. The minimum atomic E-state index is -0.101. The van der Waals surface area contributed by atoms with Crippen LogP contribution >= 0.6 is 11.3 Å². The predicted molar refractivity (Wildman–Crippen MR) is 60.0 cm³/mol. The monoisotopic (exact) mass is 210 g/mol. The van der Waals surface area contributed by atoms with Gasteiger partial charge in [-0.2, -0.15) is 0 Å². The van der Waals surface area contributed by atoms with Gasteiger partial charge in [-0.3, -0.25) is 4.79 Å². The molecule has 0 aliphatic carbocycles. The Kier molecular flexibility index (Phi) is 4.35. The summed E-state index contributed by atoms with van der Waals surface area (Å²) >= 11 is 1.60. The lowest BCUT2D eigenvalue weighted by Gasteiger charge is -2.04. The third-order valence-corrected chi connectivity index (χ3v) is 2.38. The van der Waals surface area contributed by atoms with Gasteiger partial charge in [-0.25, -0.2) is 0 Å². The lowest BCUT2D eigenvalue weighted by molar-refractivity contribution is -0.116. The number of hydrogen-bond donors (Lipinski definition) is 2. The third kappa shape index (κ3) is 4.20. The SMILES string of the molecule is CC(N)CNC(=O)C=Cc1cccs1. The number of rotatable bonds is 4. The summed E-state index contributed by atoms with van der Waals surface area (Å²) in [7, 11) is 0. The van der Waals surface area contributed by atoms with Crippen molar-refractivity contribution in [2.24, 2.45) is 5.73 Å². The van der Waals surface area contributed by atoms with Crippen LogP contribution in [0.2, 0.25) is 0 Å². The van der Waals surface area contributed by atoms with Gasteiger partial charge in [0.15, 0.2) is 0 Å². The van der Waals surface area contributed by atoms with Crippen LogP contribution in [-0.4, -0.2) is 18.5 Å². The fraction of sp³-hybridized carbons (Fsp3) is 0.300. The summed E-state index contributed by atoms with van der Waals surface area (Å²) in [6.45, 7) is 2.36. The van der Waals surface area contributed by atoms with E-state index in [4.69, 9.17) is 5.73 Å². The molecule has 0 aliphatic heterocycles. The van der Waals surface area contributed by atoms with Gasteiger partial charge in [0.1, 0.15) is 0 Å². The largest absolute Gasteiger partial charge is 0.351 e. The minimum absolute atomic E-state index is 0.00547. The zero-order chi connectivity index (χ0) is 10.4. The van der Waals surface area contributed by atoms with Gasteiger partial charge in [0.25, 0.3) is 0 Å². The van der Waals surface area contributed by atoms with Crippen molar-refractivity contribution in [3.05, 3.63) is 28.5 Å². The molecular weight excluding hydrogens is 196 g/mol. The highest BCUT2D eigenvalue weighted by Crippen LogP contribution is 2.09. The fourth-order valence-corrected chi connectivity index (χ4v) is 1.48. The number of nitrogens with two attached hydrogens (primary N) is 1. The molecule has 76 valence electrons. The molecule has 4 heteroatoms. The van der Waals surface area contributed by atoms with Crippen molar-refractivity contribution in [1.82, 2.24) is 5.32 Å². The summed E-state index contributed by atoms with van der Waals surface area (Å²) in [5, 5.41) is 4.67. The van der Waals surface area contributed by atoms with Gasteiger partial charge < -0.3 is 11.1 Å². The average molecular weight is 210 g/mol. The van der Waals surface area contributed by atoms with Gasteiger partial charge >= 0.3 is 0 Å². The van der Waals surface area contributed by atoms with Crippen LogP contribution in [0.15, 0.2) is 23.6 Å². The van der Waals surface area contributed by atoms with Gasteiger partial charge in [0.05, 0.1) is 0 Å². The summed E-state index contributed by atoms with van der Waals surface area (Å²) in [6.07, 6.45) is 3.31. The summed E-state index contributed by atoms with van der Waals surface area (Å²) in [5.74, 6) is -0.101. The van der Waals surface area contributed by atoms with Crippen LogP contribution in [0, 0.1) is 0 Å². The van der Waals surface area contributed by atoms with E-state index >= 15 is 0 Å². The molecule has 3 nitrogen and oxygen atoms in total. The van der Waals surface area contributed by atoms with Gasteiger partial charge in [-0.05, 0) is 24.4 Å². The standard InChI is InChI=1S/C10H14N2OS/c1-8(11)7-12-10(13)5-4-9-3-2-6-14-9/h2-6,8H,7,11H2,1H3,(H,12,13). The van der Waals surface area contributed by atoms with E-state index < -0.39 is 0 Å². The van der Waals surface area contributed by atoms with Gasteiger partial charge in [0.2, 0.25) is 5.91 Å². The van der Waals surface area contributed by atoms with Crippen LogP contribution in [0.5, 0.6) is 0 Å². The fourth-order valence-electron chi connectivity index (χ4n) is 0.864. The Balaban J connectivity index is 2.34. The van der Waals surface area contributed by atoms with Crippen LogP contribution in [0.4, 0.5) is 0 Å². The van der Waals surface area contributed by atoms with E-state index in [1.807, 2.05) is 24.4 Å². The van der Waals surface area contributed by atoms with E-state index in [1.54, 1.807) is 17.4 Å². The van der Waals surface area contributed by atoms with Crippen LogP contribution in [-0.2, 0) is 4.79 Å². The summed E-state index contributed by atoms with van der Waals surface area (Å²) in [4.78, 5) is 12.3. The maximum atomic E-state index is 11.2. The molecule has 1 unspecified atom stereocenters. The Morgan fingerprint density at radius 1 is 1.79 bits per heavy atom. The van der Waals surface area contributed by atoms with Crippen LogP contribution in [0.3, 0.4) is 0 Å².